The highest BCUT2D eigenvalue weighted by molar-refractivity contribution is 8.03. The molecule has 74 valence electrons. The Bertz CT molecular complexity index is 292. The molecule has 2 N–H and O–H groups in total. The van der Waals surface area contributed by atoms with E-state index >= 15 is 0 Å². The largest absolute Gasteiger partial charge is 0.346 e. The lowest BCUT2D eigenvalue weighted by atomic mass is 10.9. The van der Waals surface area contributed by atoms with Crippen molar-refractivity contribution < 1.29 is 30.7 Å². The highest BCUT2D eigenvalue weighted by atomic mass is 32.3. The molecule has 0 spiro atoms. The van der Waals surface area contributed by atoms with Crippen molar-refractivity contribution in [2.24, 2.45) is 0 Å². The summed E-state index contributed by atoms with van der Waals surface area (Å²) in [5.74, 6) is 0. The smallest absolute Gasteiger partial charge is 0.311 e. The van der Waals surface area contributed by atoms with Crippen molar-refractivity contribution in [1.29, 1.82) is 0 Å². The van der Waals surface area contributed by atoms with Crippen LogP contribution < -0.4 is 0 Å². The fraction of sp³-hybridized carbons (Fsp3) is 1.00. The minimum absolute atomic E-state index is 0.274. The summed E-state index contributed by atoms with van der Waals surface area (Å²) in [6, 6.07) is 0. The maximum absolute atomic E-state index is 10.3. The third kappa shape index (κ3) is 3.45. The Kier molecular flexibility index (Phi) is 3.59. The molecule has 0 fully saturated rings. The Morgan fingerprint density at radius 3 is 1.58 bits per heavy atom. The fourth-order valence-corrected chi connectivity index (χ4v) is 2.31. The van der Waals surface area contributed by atoms with Crippen LogP contribution >= 0.6 is 0 Å². The monoisotopic (exact) mass is 220 g/mol. The number of hydrogen-bond donors (Lipinski definition) is 2. The Hall–Kier alpha value is -0.220. The van der Waals surface area contributed by atoms with Gasteiger partial charge in [-0.2, -0.15) is 16.8 Å². The van der Waals surface area contributed by atoms with E-state index < -0.39 is 25.0 Å². The average molecular weight is 220 g/mol. The van der Waals surface area contributed by atoms with Crippen molar-refractivity contribution in [2.45, 2.75) is 11.7 Å². The maximum Gasteiger partial charge on any atom is 0.311 e. The van der Waals surface area contributed by atoms with Gasteiger partial charge in [-0.25, -0.2) is 0 Å². The molecule has 12 heavy (non-hydrogen) atoms. The quantitative estimate of drug-likeness (QED) is 0.588. The first-order chi connectivity index (χ1) is 5.19. The third-order valence-corrected chi connectivity index (χ3v) is 3.49. The molecule has 9 heteroatoms. The van der Waals surface area contributed by atoms with E-state index in [9.17, 15) is 16.8 Å². The lowest BCUT2D eigenvalue weighted by molar-refractivity contribution is 0.150. The molecule has 0 unspecified atom stereocenters. The summed E-state index contributed by atoms with van der Waals surface area (Å²) in [5, 5.41) is 0. The van der Waals surface area contributed by atoms with E-state index in [1.807, 2.05) is 0 Å². The van der Waals surface area contributed by atoms with Gasteiger partial charge in [0.2, 0.25) is 0 Å². The summed E-state index contributed by atoms with van der Waals surface area (Å²) in [4.78, 5) is 0. The molecule has 0 aromatic rings. The molecule has 0 bridgehead atoms. The SMILES string of the molecule is CCOC(S(=O)(=O)O)S(=O)(=O)O. The van der Waals surface area contributed by atoms with Crippen LogP contribution in [-0.4, -0.2) is 37.3 Å². The molecule has 0 amide bonds. The molecule has 0 aromatic heterocycles. The molecular formula is C3H8O7S2. The zero-order chi connectivity index (χ0) is 9.99. The molecule has 0 saturated carbocycles. The van der Waals surface area contributed by atoms with Crippen LogP contribution in [0, 0.1) is 0 Å². The van der Waals surface area contributed by atoms with E-state index in [-0.39, 0.29) is 6.61 Å². The molecule has 0 aliphatic rings. The van der Waals surface area contributed by atoms with Crippen LogP contribution in [0.25, 0.3) is 0 Å². The second kappa shape index (κ2) is 3.66. The number of hydrogen-bond acceptors (Lipinski definition) is 5. The van der Waals surface area contributed by atoms with Crippen LogP contribution in [0.2, 0.25) is 0 Å². The first kappa shape index (κ1) is 11.8. The van der Waals surface area contributed by atoms with E-state index in [0.29, 0.717) is 0 Å². The first-order valence-electron chi connectivity index (χ1n) is 2.73. The maximum atomic E-state index is 10.3. The minimum atomic E-state index is -4.94. The van der Waals surface area contributed by atoms with E-state index in [2.05, 4.69) is 4.74 Å². The third-order valence-electron chi connectivity index (χ3n) is 0.789. The highest BCUT2D eigenvalue weighted by Crippen LogP contribution is 2.07. The van der Waals surface area contributed by atoms with Gasteiger partial charge in [0.25, 0.3) is 0 Å². The molecule has 0 aromatic carbocycles. The molecular weight excluding hydrogens is 212 g/mol. The van der Waals surface area contributed by atoms with E-state index in [4.69, 9.17) is 9.11 Å². The average Bonchev–Trinajstić information content (AvgIpc) is 1.77. The molecule has 0 radical (unpaired) electrons. The van der Waals surface area contributed by atoms with Gasteiger partial charge in [-0.3, -0.25) is 9.11 Å². The predicted molar refractivity (Wildman–Crippen MR) is 38.5 cm³/mol. The van der Waals surface area contributed by atoms with Gasteiger partial charge in [-0.1, -0.05) is 0 Å². The highest BCUT2D eigenvalue weighted by Gasteiger charge is 2.35. The minimum Gasteiger partial charge on any atom is -0.346 e. The van der Waals surface area contributed by atoms with E-state index in [0.717, 1.165) is 0 Å². The summed E-state index contributed by atoms with van der Waals surface area (Å²) in [5.41, 5.74) is 0. The second-order valence-corrected chi connectivity index (χ2v) is 4.99. The van der Waals surface area contributed by atoms with Gasteiger partial charge in [-0.05, 0) is 6.92 Å². The fourth-order valence-electron chi connectivity index (χ4n) is 0.462. The summed E-state index contributed by atoms with van der Waals surface area (Å²) in [7, 11) is -9.89. The van der Waals surface area contributed by atoms with Crippen molar-refractivity contribution in [2.75, 3.05) is 6.61 Å². The van der Waals surface area contributed by atoms with Gasteiger partial charge in [0.1, 0.15) is 0 Å². The molecule has 0 rings (SSSR count). The van der Waals surface area contributed by atoms with Crippen LogP contribution in [0.3, 0.4) is 0 Å². The van der Waals surface area contributed by atoms with Gasteiger partial charge in [0, 0.05) is 6.61 Å². The summed E-state index contributed by atoms with van der Waals surface area (Å²) >= 11 is 0. The van der Waals surface area contributed by atoms with Crippen LogP contribution in [0.15, 0.2) is 0 Å². The van der Waals surface area contributed by atoms with Crippen LogP contribution in [0.5, 0.6) is 0 Å². The Labute approximate surface area is 69.8 Å². The second-order valence-electron chi connectivity index (χ2n) is 1.77. The Morgan fingerprint density at radius 1 is 1.17 bits per heavy atom. The topological polar surface area (TPSA) is 118 Å². The van der Waals surface area contributed by atoms with Gasteiger partial charge in [-0.15, -0.1) is 0 Å². The van der Waals surface area contributed by atoms with Crippen molar-refractivity contribution >= 4 is 20.2 Å². The van der Waals surface area contributed by atoms with Crippen LogP contribution in [0.1, 0.15) is 6.92 Å². The lowest BCUT2D eigenvalue weighted by Gasteiger charge is -2.09. The molecule has 7 nitrogen and oxygen atoms in total. The van der Waals surface area contributed by atoms with Crippen LogP contribution in [-0.2, 0) is 25.0 Å². The zero-order valence-corrected chi connectivity index (χ0v) is 7.67. The van der Waals surface area contributed by atoms with Crippen molar-refractivity contribution in [1.82, 2.24) is 0 Å². The first-order valence-corrected chi connectivity index (χ1v) is 5.74. The van der Waals surface area contributed by atoms with Gasteiger partial charge < -0.3 is 4.74 Å². The number of ether oxygens (including phenoxy) is 1. The Balaban J connectivity index is 4.97. The standard InChI is InChI=1S/C3H8O7S2/c1-2-10-3(11(4,5)6)12(7,8)9/h3H,2H2,1H3,(H,4,5,6)(H,7,8,9). The van der Waals surface area contributed by atoms with Crippen molar-refractivity contribution in [3.63, 3.8) is 0 Å². The van der Waals surface area contributed by atoms with Gasteiger partial charge in [0.15, 0.2) is 0 Å². The molecule has 0 saturated heterocycles. The molecule has 0 aliphatic heterocycles. The summed E-state index contributed by atoms with van der Waals surface area (Å²) in [6.45, 7) is 1.04. The lowest BCUT2D eigenvalue weighted by Crippen LogP contribution is -2.32. The zero-order valence-electron chi connectivity index (χ0n) is 6.04. The summed E-state index contributed by atoms with van der Waals surface area (Å²) < 4.78 is 59.0. The van der Waals surface area contributed by atoms with E-state index in [1.165, 1.54) is 6.92 Å². The van der Waals surface area contributed by atoms with Crippen molar-refractivity contribution in [3.05, 3.63) is 0 Å². The van der Waals surface area contributed by atoms with Gasteiger partial charge >= 0.3 is 25.0 Å². The number of rotatable bonds is 4. The normalized spacial score (nSPS) is 13.7. The predicted octanol–water partition coefficient (Wildman–Crippen LogP) is -0.918. The summed E-state index contributed by atoms with van der Waals surface area (Å²) in [6.07, 6.45) is 0. The molecule has 0 atom stereocenters. The van der Waals surface area contributed by atoms with Gasteiger partial charge in [0.05, 0.1) is 0 Å². The molecule has 0 aliphatic carbocycles. The Morgan fingerprint density at radius 2 is 1.50 bits per heavy atom. The molecule has 0 heterocycles. The van der Waals surface area contributed by atoms with E-state index in [1.54, 1.807) is 0 Å². The van der Waals surface area contributed by atoms with Crippen molar-refractivity contribution in [3.8, 4) is 0 Å². The van der Waals surface area contributed by atoms with Crippen LogP contribution in [0.4, 0.5) is 0 Å².